The third-order valence-corrected chi connectivity index (χ3v) is 4.25. The van der Waals surface area contributed by atoms with Crippen molar-refractivity contribution in [1.29, 1.82) is 0 Å². The number of hydrogen-bond donors (Lipinski definition) is 2. The maximum atomic E-state index is 11.7. The molecular formula is C14H16N4OS. The van der Waals surface area contributed by atoms with Crippen molar-refractivity contribution in [2.45, 2.75) is 13.5 Å². The molecule has 0 unspecified atom stereocenters. The lowest BCUT2D eigenvalue weighted by atomic mass is 10.2. The van der Waals surface area contributed by atoms with Crippen molar-refractivity contribution in [3.05, 3.63) is 40.3 Å². The smallest absolute Gasteiger partial charge is 0.321 e. The largest absolute Gasteiger partial charge is 0.380 e. The summed E-state index contributed by atoms with van der Waals surface area (Å²) in [4.78, 5) is 18.9. The topological polar surface area (TPSA) is 57.3 Å². The molecule has 0 atom stereocenters. The van der Waals surface area contributed by atoms with Gasteiger partial charge in [-0.15, -0.1) is 11.3 Å². The molecule has 1 saturated heterocycles. The van der Waals surface area contributed by atoms with E-state index in [0.29, 0.717) is 6.54 Å². The first kappa shape index (κ1) is 12.9. The molecule has 0 bridgehead atoms. The Morgan fingerprint density at radius 3 is 3.10 bits per heavy atom. The van der Waals surface area contributed by atoms with E-state index in [1.165, 1.54) is 4.88 Å². The van der Waals surface area contributed by atoms with Crippen molar-refractivity contribution >= 4 is 28.7 Å². The van der Waals surface area contributed by atoms with E-state index in [-0.39, 0.29) is 6.03 Å². The van der Waals surface area contributed by atoms with Gasteiger partial charge in [-0.25, -0.2) is 9.78 Å². The number of aromatic nitrogens is 1. The fourth-order valence-corrected chi connectivity index (χ4v) is 2.90. The number of carbonyl (C=O) groups is 1. The standard InChI is InChI=1S/C14H16N4OS/c1-10-13(20-9-17-10)8-16-11-3-2-4-12(7-11)18-6-5-15-14(18)19/h2-4,7,9,16H,5-6,8H2,1H3,(H,15,19). The van der Waals surface area contributed by atoms with E-state index in [1.807, 2.05) is 36.7 Å². The number of hydrogen-bond acceptors (Lipinski definition) is 4. The van der Waals surface area contributed by atoms with Crippen LogP contribution >= 0.6 is 11.3 Å². The Hall–Kier alpha value is -2.08. The number of carbonyl (C=O) groups excluding carboxylic acids is 1. The molecule has 1 fully saturated rings. The molecule has 1 aromatic heterocycles. The van der Waals surface area contributed by atoms with Crippen LogP contribution in [0.5, 0.6) is 0 Å². The lowest BCUT2D eigenvalue weighted by molar-refractivity contribution is 0.252. The van der Waals surface area contributed by atoms with Crippen molar-refractivity contribution in [3.8, 4) is 0 Å². The fraction of sp³-hybridized carbons (Fsp3) is 0.286. The molecule has 2 N–H and O–H groups in total. The molecule has 0 saturated carbocycles. The SMILES string of the molecule is Cc1ncsc1CNc1cccc(N2CCNC2=O)c1. The number of amides is 2. The molecular weight excluding hydrogens is 272 g/mol. The molecule has 5 nitrogen and oxygen atoms in total. The van der Waals surface area contributed by atoms with E-state index >= 15 is 0 Å². The van der Waals surface area contributed by atoms with Gasteiger partial charge in [0.15, 0.2) is 0 Å². The maximum Gasteiger partial charge on any atom is 0.321 e. The Labute approximate surface area is 121 Å². The highest BCUT2D eigenvalue weighted by molar-refractivity contribution is 7.09. The van der Waals surface area contributed by atoms with E-state index in [1.54, 1.807) is 16.2 Å². The van der Waals surface area contributed by atoms with Crippen LogP contribution in [0.15, 0.2) is 29.8 Å². The van der Waals surface area contributed by atoms with E-state index in [2.05, 4.69) is 15.6 Å². The van der Waals surface area contributed by atoms with Gasteiger partial charge in [-0.1, -0.05) is 6.07 Å². The third kappa shape index (κ3) is 2.60. The van der Waals surface area contributed by atoms with Crippen molar-refractivity contribution in [2.75, 3.05) is 23.3 Å². The zero-order valence-electron chi connectivity index (χ0n) is 11.2. The van der Waals surface area contributed by atoms with Gasteiger partial charge in [0, 0.05) is 29.3 Å². The zero-order chi connectivity index (χ0) is 13.9. The molecule has 104 valence electrons. The Morgan fingerprint density at radius 2 is 2.40 bits per heavy atom. The van der Waals surface area contributed by atoms with Crippen LogP contribution in [0.1, 0.15) is 10.6 Å². The van der Waals surface area contributed by atoms with Gasteiger partial charge < -0.3 is 10.6 Å². The van der Waals surface area contributed by atoms with Crippen LogP contribution in [0.2, 0.25) is 0 Å². The molecule has 1 aromatic carbocycles. The first-order chi connectivity index (χ1) is 9.74. The molecule has 0 radical (unpaired) electrons. The number of thiazole rings is 1. The number of nitrogens with one attached hydrogen (secondary N) is 2. The second-order valence-corrected chi connectivity index (χ2v) is 5.59. The number of rotatable bonds is 4. The average Bonchev–Trinajstić information content (AvgIpc) is 3.05. The minimum Gasteiger partial charge on any atom is -0.380 e. The zero-order valence-corrected chi connectivity index (χ0v) is 12.0. The van der Waals surface area contributed by atoms with Crippen molar-refractivity contribution in [2.24, 2.45) is 0 Å². The van der Waals surface area contributed by atoms with Crippen LogP contribution in [-0.4, -0.2) is 24.1 Å². The van der Waals surface area contributed by atoms with Crippen LogP contribution < -0.4 is 15.5 Å². The molecule has 0 spiro atoms. The third-order valence-electron chi connectivity index (χ3n) is 3.31. The molecule has 2 amide bonds. The number of anilines is 2. The monoisotopic (exact) mass is 288 g/mol. The quantitative estimate of drug-likeness (QED) is 0.909. The number of nitrogens with zero attached hydrogens (tertiary/aromatic N) is 2. The van der Waals surface area contributed by atoms with E-state index in [4.69, 9.17) is 0 Å². The highest BCUT2D eigenvalue weighted by Crippen LogP contribution is 2.22. The molecule has 1 aliphatic rings. The second kappa shape index (κ2) is 5.50. The van der Waals surface area contributed by atoms with Gasteiger partial charge in [0.05, 0.1) is 17.7 Å². The van der Waals surface area contributed by atoms with Crippen LogP contribution in [0.25, 0.3) is 0 Å². The van der Waals surface area contributed by atoms with Gasteiger partial charge in [0.25, 0.3) is 0 Å². The Morgan fingerprint density at radius 1 is 1.50 bits per heavy atom. The van der Waals surface area contributed by atoms with Gasteiger partial charge in [0.1, 0.15) is 0 Å². The summed E-state index contributed by atoms with van der Waals surface area (Å²) < 4.78 is 0. The fourth-order valence-electron chi connectivity index (χ4n) is 2.18. The number of urea groups is 1. The van der Waals surface area contributed by atoms with E-state index in [9.17, 15) is 4.79 Å². The van der Waals surface area contributed by atoms with Gasteiger partial charge in [-0.3, -0.25) is 4.90 Å². The molecule has 0 aliphatic carbocycles. The number of aryl methyl sites for hydroxylation is 1. The second-order valence-electron chi connectivity index (χ2n) is 4.65. The summed E-state index contributed by atoms with van der Waals surface area (Å²) in [7, 11) is 0. The van der Waals surface area contributed by atoms with Crippen molar-refractivity contribution in [3.63, 3.8) is 0 Å². The van der Waals surface area contributed by atoms with Gasteiger partial charge >= 0.3 is 6.03 Å². The summed E-state index contributed by atoms with van der Waals surface area (Å²) in [6.45, 7) is 4.19. The average molecular weight is 288 g/mol. The minimum absolute atomic E-state index is 0.0274. The summed E-state index contributed by atoms with van der Waals surface area (Å²) in [5.41, 5.74) is 4.86. The molecule has 2 heterocycles. The molecule has 20 heavy (non-hydrogen) atoms. The predicted octanol–water partition coefficient (Wildman–Crippen LogP) is 2.59. The van der Waals surface area contributed by atoms with Gasteiger partial charge in [-0.2, -0.15) is 0 Å². The van der Waals surface area contributed by atoms with Gasteiger partial charge in [0.2, 0.25) is 0 Å². The maximum absolute atomic E-state index is 11.7. The Bertz CT molecular complexity index is 625. The van der Waals surface area contributed by atoms with Crippen LogP contribution in [0.4, 0.5) is 16.2 Å². The summed E-state index contributed by atoms with van der Waals surface area (Å²) in [6.07, 6.45) is 0. The number of benzene rings is 1. The van der Waals surface area contributed by atoms with Crippen molar-refractivity contribution < 1.29 is 4.79 Å². The summed E-state index contributed by atoms with van der Waals surface area (Å²) in [5.74, 6) is 0. The minimum atomic E-state index is -0.0274. The van der Waals surface area contributed by atoms with Crippen LogP contribution in [0.3, 0.4) is 0 Å². The molecule has 2 aromatic rings. The summed E-state index contributed by atoms with van der Waals surface area (Å²) in [6, 6.07) is 7.90. The highest BCUT2D eigenvalue weighted by Gasteiger charge is 2.20. The van der Waals surface area contributed by atoms with E-state index < -0.39 is 0 Å². The summed E-state index contributed by atoms with van der Waals surface area (Å²) >= 11 is 1.65. The molecule has 3 rings (SSSR count). The Kier molecular flexibility index (Phi) is 3.56. The first-order valence-electron chi connectivity index (χ1n) is 6.52. The predicted molar refractivity (Wildman–Crippen MR) is 81.4 cm³/mol. The van der Waals surface area contributed by atoms with Crippen LogP contribution in [0, 0.1) is 6.92 Å². The normalized spacial score (nSPS) is 14.4. The Balaban J connectivity index is 1.71. The van der Waals surface area contributed by atoms with Crippen molar-refractivity contribution in [1.82, 2.24) is 10.3 Å². The molecule has 6 heteroatoms. The lowest BCUT2D eigenvalue weighted by Crippen LogP contribution is -2.27. The lowest BCUT2D eigenvalue weighted by Gasteiger charge is -2.15. The first-order valence-corrected chi connectivity index (χ1v) is 7.40. The van der Waals surface area contributed by atoms with E-state index in [0.717, 1.165) is 30.2 Å². The highest BCUT2D eigenvalue weighted by atomic mass is 32.1. The van der Waals surface area contributed by atoms with Crippen LogP contribution in [-0.2, 0) is 6.54 Å². The summed E-state index contributed by atoms with van der Waals surface area (Å²) in [5, 5.41) is 6.19. The van der Waals surface area contributed by atoms with Gasteiger partial charge in [-0.05, 0) is 25.1 Å². The molecule has 1 aliphatic heterocycles.